The van der Waals surface area contributed by atoms with Gasteiger partial charge in [-0.2, -0.15) is 0 Å². The van der Waals surface area contributed by atoms with Crippen LogP contribution in [0.4, 0.5) is 0 Å². The summed E-state index contributed by atoms with van der Waals surface area (Å²) in [6.07, 6.45) is 2.24. The minimum absolute atomic E-state index is 0.196. The summed E-state index contributed by atoms with van der Waals surface area (Å²) < 4.78 is 0. The van der Waals surface area contributed by atoms with Crippen LogP contribution in [0.1, 0.15) is 63.1 Å². The predicted molar refractivity (Wildman–Crippen MR) is 89.1 cm³/mol. The molecule has 0 bridgehead atoms. The normalized spacial score (nSPS) is 13.8. The van der Waals surface area contributed by atoms with Crippen molar-refractivity contribution in [1.82, 2.24) is 0 Å². The number of hydrogen-bond donors (Lipinski definition) is 2. The maximum Gasteiger partial charge on any atom is -0.00366 e. The number of hydrogen-bond acceptors (Lipinski definition) is 2. The third-order valence-electron chi connectivity index (χ3n) is 4.36. The molecule has 0 aliphatic rings. The average molecular weight is 276 g/mol. The molecule has 4 N–H and O–H groups in total. The van der Waals surface area contributed by atoms with Crippen molar-refractivity contribution in [2.75, 3.05) is 13.1 Å². The quantitative estimate of drug-likeness (QED) is 0.832. The largest absolute Gasteiger partial charge is 0.330 e. The number of benzene rings is 1. The van der Waals surface area contributed by atoms with Crippen molar-refractivity contribution in [3.63, 3.8) is 0 Å². The highest BCUT2D eigenvalue weighted by Gasteiger charge is 2.20. The van der Waals surface area contributed by atoms with Gasteiger partial charge in [0.25, 0.3) is 0 Å². The van der Waals surface area contributed by atoms with Crippen molar-refractivity contribution >= 4 is 0 Å². The van der Waals surface area contributed by atoms with Crippen LogP contribution in [-0.2, 0) is 5.41 Å². The third-order valence-corrected chi connectivity index (χ3v) is 4.36. The van der Waals surface area contributed by atoms with Crippen molar-refractivity contribution in [3.8, 4) is 0 Å². The Bertz CT molecular complexity index is 414. The zero-order valence-corrected chi connectivity index (χ0v) is 13.9. The van der Waals surface area contributed by atoms with E-state index in [-0.39, 0.29) is 5.41 Å². The second kappa shape index (κ2) is 7.24. The van der Waals surface area contributed by atoms with Crippen LogP contribution in [0.15, 0.2) is 18.2 Å². The Hall–Kier alpha value is -0.860. The smallest absolute Gasteiger partial charge is 0.00366 e. The summed E-state index contributed by atoms with van der Waals surface area (Å²) in [6, 6.07) is 6.92. The van der Waals surface area contributed by atoms with Crippen molar-refractivity contribution in [1.29, 1.82) is 0 Å². The van der Waals surface area contributed by atoms with Gasteiger partial charge in [0.15, 0.2) is 0 Å². The van der Waals surface area contributed by atoms with Crippen LogP contribution in [0.25, 0.3) is 0 Å². The molecule has 0 aliphatic heterocycles. The molecule has 1 atom stereocenters. The van der Waals surface area contributed by atoms with Gasteiger partial charge >= 0.3 is 0 Å². The van der Waals surface area contributed by atoms with E-state index in [1.165, 1.54) is 16.7 Å². The highest BCUT2D eigenvalue weighted by atomic mass is 14.6. The maximum absolute atomic E-state index is 5.82. The molecule has 114 valence electrons. The van der Waals surface area contributed by atoms with E-state index in [4.69, 9.17) is 11.5 Å². The van der Waals surface area contributed by atoms with Gasteiger partial charge in [-0.05, 0) is 66.8 Å². The molecule has 1 aromatic rings. The van der Waals surface area contributed by atoms with Gasteiger partial charge < -0.3 is 11.5 Å². The molecular formula is C18H32N2. The number of aryl methyl sites for hydroxylation is 1. The fourth-order valence-corrected chi connectivity index (χ4v) is 2.75. The van der Waals surface area contributed by atoms with E-state index in [9.17, 15) is 0 Å². The van der Waals surface area contributed by atoms with Crippen LogP contribution in [0, 0.1) is 12.8 Å². The monoisotopic (exact) mass is 276 g/mol. The molecule has 2 nitrogen and oxygen atoms in total. The van der Waals surface area contributed by atoms with Crippen LogP contribution >= 0.6 is 0 Å². The predicted octanol–water partition coefficient (Wildman–Crippen LogP) is 3.71. The molecule has 0 saturated carbocycles. The molecular weight excluding hydrogens is 244 g/mol. The summed E-state index contributed by atoms with van der Waals surface area (Å²) in [6.45, 7) is 12.7. The lowest BCUT2D eigenvalue weighted by molar-refractivity contribution is 0.440. The summed E-state index contributed by atoms with van der Waals surface area (Å²) in [5, 5.41) is 0. The maximum atomic E-state index is 5.82. The fourth-order valence-electron chi connectivity index (χ4n) is 2.75. The topological polar surface area (TPSA) is 52.0 Å². The van der Waals surface area contributed by atoms with Crippen LogP contribution < -0.4 is 11.5 Å². The Balaban J connectivity index is 3.08. The molecule has 1 rings (SSSR count). The van der Waals surface area contributed by atoms with E-state index in [2.05, 4.69) is 52.8 Å². The van der Waals surface area contributed by atoms with E-state index in [0.717, 1.165) is 12.8 Å². The van der Waals surface area contributed by atoms with Gasteiger partial charge in [0.05, 0.1) is 0 Å². The molecule has 0 spiro atoms. The highest BCUT2D eigenvalue weighted by molar-refractivity contribution is 5.36. The molecule has 0 aliphatic carbocycles. The molecule has 0 fully saturated rings. The average Bonchev–Trinajstić information content (AvgIpc) is 2.40. The van der Waals surface area contributed by atoms with Crippen LogP contribution in [-0.4, -0.2) is 13.1 Å². The molecule has 20 heavy (non-hydrogen) atoms. The Morgan fingerprint density at radius 1 is 1.10 bits per heavy atom. The first-order valence-corrected chi connectivity index (χ1v) is 7.84. The van der Waals surface area contributed by atoms with E-state index in [1.54, 1.807) is 0 Å². The summed E-state index contributed by atoms with van der Waals surface area (Å²) in [4.78, 5) is 0. The van der Waals surface area contributed by atoms with E-state index < -0.39 is 0 Å². The Labute approximate surface area is 124 Å². The van der Waals surface area contributed by atoms with Crippen molar-refractivity contribution < 1.29 is 0 Å². The zero-order valence-electron chi connectivity index (χ0n) is 13.9. The molecule has 2 heteroatoms. The molecule has 0 radical (unpaired) electrons. The number of rotatable bonds is 6. The van der Waals surface area contributed by atoms with Gasteiger partial charge in [-0.15, -0.1) is 0 Å². The summed E-state index contributed by atoms with van der Waals surface area (Å²) in [7, 11) is 0. The SMILES string of the molecule is CCC(CC(CN)CN)c1cc(C(C)(C)C)ccc1C. The molecule has 0 amide bonds. The van der Waals surface area contributed by atoms with Gasteiger partial charge in [-0.25, -0.2) is 0 Å². The van der Waals surface area contributed by atoms with E-state index >= 15 is 0 Å². The molecule has 0 aromatic heterocycles. The zero-order chi connectivity index (χ0) is 15.3. The summed E-state index contributed by atoms with van der Waals surface area (Å²) in [5.74, 6) is 0.993. The van der Waals surface area contributed by atoms with Gasteiger partial charge in [-0.1, -0.05) is 45.9 Å². The first-order valence-electron chi connectivity index (χ1n) is 7.84. The lowest BCUT2D eigenvalue weighted by Gasteiger charge is -2.26. The first kappa shape index (κ1) is 17.2. The second-order valence-corrected chi connectivity index (χ2v) is 7.00. The van der Waals surface area contributed by atoms with Gasteiger partial charge in [0, 0.05) is 0 Å². The number of nitrogens with two attached hydrogens (primary N) is 2. The van der Waals surface area contributed by atoms with Crippen molar-refractivity contribution in [3.05, 3.63) is 34.9 Å². The van der Waals surface area contributed by atoms with Gasteiger partial charge in [0.2, 0.25) is 0 Å². The van der Waals surface area contributed by atoms with Gasteiger partial charge in [0.1, 0.15) is 0 Å². The lowest BCUT2D eigenvalue weighted by Crippen LogP contribution is -2.25. The third kappa shape index (κ3) is 4.32. The van der Waals surface area contributed by atoms with Gasteiger partial charge in [-0.3, -0.25) is 0 Å². The van der Waals surface area contributed by atoms with E-state index in [1.807, 2.05) is 0 Å². The Kier molecular flexibility index (Phi) is 6.22. The van der Waals surface area contributed by atoms with Crippen molar-refractivity contribution in [2.45, 2.75) is 58.8 Å². The molecule has 0 heterocycles. The Morgan fingerprint density at radius 2 is 1.70 bits per heavy atom. The van der Waals surface area contributed by atoms with Crippen LogP contribution in [0.5, 0.6) is 0 Å². The highest BCUT2D eigenvalue weighted by Crippen LogP contribution is 2.32. The fraction of sp³-hybridized carbons (Fsp3) is 0.667. The van der Waals surface area contributed by atoms with E-state index in [0.29, 0.717) is 24.9 Å². The minimum atomic E-state index is 0.196. The molecule has 0 saturated heterocycles. The summed E-state index contributed by atoms with van der Waals surface area (Å²) in [5.41, 5.74) is 16.1. The second-order valence-electron chi connectivity index (χ2n) is 7.00. The summed E-state index contributed by atoms with van der Waals surface area (Å²) >= 11 is 0. The van der Waals surface area contributed by atoms with Crippen LogP contribution in [0.2, 0.25) is 0 Å². The first-order chi connectivity index (χ1) is 9.33. The minimum Gasteiger partial charge on any atom is -0.330 e. The Morgan fingerprint density at radius 3 is 2.15 bits per heavy atom. The van der Waals surface area contributed by atoms with Crippen LogP contribution in [0.3, 0.4) is 0 Å². The van der Waals surface area contributed by atoms with Crippen molar-refractivity contribution in [2.24, 2.45) is 17.4 Å². The molecule has 1 aromatic carbocycles. The standard InChI is InChI=1S/C18H32N2/c1-6-15(9-14(11-19)12-20)17-10-16(18(3,4)5)8-7-13(17)2/h7-8,10,14-15H,6,9,11-12,19-20H2,1-5H3. The lowest BCUT2D eigenvalue weighted by atomic mass is 9.80. The molecule has 1 unspecified atom stereocenters.